The Kier molecular flexibility index (Phi) is 6.78. The van der Waals surface area contributed by atoms with Crippen LogP contribution in [0.15, 0.2) is 59.6 Å². The van der Waals surface area contributed by atoms with Crippen molar-refractivity contribution in [3.05, 3.63) is 71.5 Å². The second-order valence-electron chi connectivity index (χ2n) is 10.7. The number of carbonyl (C=O) groups excluding carboxylic acids is 1. The number of fused-ring (bicyclic) bond motifs is 2. The van der Waals surface area contributed by atoms with Gasteiger partial charge >= 0.3 is 0 Å². The Balaban J connectivity index is 1.24. The van der Waals surface area contributed by atoms with Gasteiger partial charge in [-0.15, -0.1) is 0 Å². The fraction of sp³-hybridized carbons (Fsp3) is 0.355. The maximum Gasteiger partial charge on any atom is 0.251 e. The summed E-state index contributed by atoms with van der Waals surface area (Å²) in [5, 5.41) is 3.41. The number of aromatic nitrogens is 3. The Labute approximate surface area is 253 Å². The van der Waals surface area contributed by atoms with E-state index in [9.17, 15) is 17.6 Å². The highest BCUT2D eigenvalue weighted by Gasteiger charge is 2.34. The van der Waals surface area contributed by atoms with E-state index in [0.29, 0.717) is 22.6 Å². The third-order valence-corrected chi connectivity index (χ3v) is 9.18. The highest BCUT2D eigenvalue weighted by atomic mass is 32.2. The van der Waals surface area contributed by atoms with Crippen LogP contribution in [-0.4, -0.2) is 66.7 Å². The molecule has 43 heavy (non-hydrogen) atoms. The Bertz CT molecular complexity index is 1920. The number of sulfone groups is 1. The van der Waals surface area contributed by atoms with E-state index in [4.69, 9.17) is 23.6 Å². The average molecular weight is 609 g/mol. The van der Waals surface area contributed by atoms with Gasteiger partial charge in [0.05, 0.1) is 48.0 Å². The fourth-order valence-corrected chi connectivity index (χ4v) is 6.72. The minimum atomic E-state index is -4.58. The summed E-state index contributed by atoms with van der Waals surface area (Å²) in [4.78, 5) is 28.7. The van der Waals surface area contributed by atoms with Gasteiger partial charge in [-0.2, -0.15) is 0 Å². The zero-order chi connectivity index (χ0) is 32.8. The topological polar surface area (TPSA) is 124 Å². The van der Waals surface area contributed by atoms with Crippen LogP contribution in [0.5, 0.6) is 5.75 Å². The van der Waals surface area contributed by atoms with E-state index in [2.05, 4.69) is 15.2 Å². The van der Waals surface area contributed by atoms with Gasteiger partial charge in [-0.05, 0) is 68.7 Å². The number of alkyl halides is 1. The van der Waals surface area contributed by atoms with Crippen molar-refractivity contribution in [2.45, 2.75) is 56.3 Å². The second-order valence-corrected chi connectivity index (χ2v) is 12.8. The Morgan fingerprint density at radius 2 is 1.91 bits per heavy atom. The van der Waals surface area contributed by atoms with Gasteiger partial charge in [0.15, 0.2) is 0 Å². The second kappa shape index (κ2) is 11.5. The summed E-state index contributed by atoms with van der Waals surface area (Å²) in [5.74, 6) is -0.385. The molecule has 0 spiro atoms. The number of anilines is 1. The molecule has 1 aromatic carbocycles. The molecule has 1 N–H and O–H groups in total. The lowest BCUT2D eigenvalue weighted by atomic mass is 10.1. The molecule has 2 aliphatic heterocycles. The molecule has 5 heterocycles. The number of benzene rings is 1. The van der Waals surface area contributed by atoms with Crippen LogP contribution in [0.3, 0.4) is 0 Å². The number of rotatable bonds is 5. The van der Waals surface area contributed by atoms with Crippen molar-refractivity contribution < 1.29 is 31.2 Å². The summed E-state index contributed by atoms with van der Waals surface area (Å²) in [5.41, 5.74) is -0.618. The zero-order valence-electron chi connectivity index (χ0n) is 26.6. The van der Waals surface area contributed by atoms with E-state index in [-0.39, 0.29) is 30.9 Å². The van der Waals surface area contributed by atoms with Crippen molar-refractivity contribution in [1.29, 1.82) is 0 Å². The number of nitrogens with one attached hydrogen (secondary N) is 1. The van der Waals surface area contributed by atoms with Gasteiger partial charge < -0.3 is 19.7 Å². The quantitative estimate of drug-likeness (QED) is 0.351. The van der Waals surface area contributed by atoms with Crippen molar-refractivity contribution in [3.63, 3.8) is 0 Å². The first-order chi connectivity index (χ1) is 21.8. The smallest absolute Gasteiger partial charge is 0.251 e. The van der Waals surface area contributed by atoms with E-state index in [0.717, 1.165) is 36.4 Å². The molecule has 224 valence electrons. The van der Waals surface area contributed by atoms with E-state index >= 15 is 0 Å². The fourth-order valence-electron chi connectivity index (χ4n) is 5.32. The molecule has 6 rings (SSSR count). The lowest BCUT2D eigenvalue weighted by Gasteiger charge is -2.36. The van der Waals surface area contributed by atoms with E-state index < -0.39 is 50.7 Å². The molecular weight excluding hydrogens is 573 g/mol. The molecule has 0 aliphatic carbocycles. The highest BCUT2D eigenvalue weighted by Crippen LogP contribution is 2.36. The number of amides is 1. The molecule has 0 unspecified atom stereocenters. The Hall–Kier alpha value is -4.16. The van der Waals surface area contributed by atoms with Gasteiger partial charge in [-0.3, -0.25) is 9.78 Å². The number of ether oxygens (including phenoxy) is 2. The number of aryl methyl sites for hydroxylation is 1. The monoisotopic (exact) mass is 608 g/mol. The SMILES string of the molecule is [2H]C([2H])([2H])c1cc(C(=O)NCc2cc3nc(-c4cccc(N5C[C@@H](C)O[C@@H](C)C5)n4)ccc3cn2)cc2c1OCC[C@H](F)S2(=O)=O. The first-order valence-electron chi connectivity index (χ1n) is 15.4. The maximum absolute atomic E-state index is 14.5. The van der Waals surface area contributed by atoms with Crippen molar-refractivity contribution in [3.8, 4) is 17.1 Å². The zero-order valence-corrected chi connectivity index (χ0v) is 24.4. The standard InChI is InChI=1S/C31H32FN5O5S/c1-18-11-22(12-27-30(18)41-10-9-28(32)43(27,39)40)31(38)34-15-23-13-26-21(14-33-23)7-8-25(35-26)24-5-4-6-29(36-24)37-16-19(2)42-20(3)17-37/h4-8,11-14,19-20,28H,9-10,15-17H2,1-3H3,(H,34,38)/t19-,20+,28-/m1/s1/i1D3. The summed E-state index contributed by atoms with van der Waals surface area (Å²) in [6.07, 6.45) is 1.33. The normalized spacial score (nSPS) is 22.8. The Morgan fingerprint density at radius 1 is 1.12 bits per heavy atom. The summed E-state index contributed by atoms with van der Waals surface area (Å²) < 4.78 is 75.0. The van der Waals surface area contributed by atoms with Gasteiger partial charge in [-0.1, -0.05) is 6.07 Å². The summed E-state index contributed by atoms with van der Waals surface area (Å²) in [7, 11) is -4.58. The van der Waals surface area contributed by atoms with Crippen molar-refractivity contribution in [1.82, 2.24) is 20.3 Å². The predicted molar refractivity (Wildman–Crippen MR) is 160 cm³/mol. The van der Waals surface area contributed by atoms with Gasteiger partial charge in [0.1, 0.15) is 16.5 Å². The van der Waals surface area contributed by atoms with E-state index in [1.165, 1.54) is 0 Å². The molecular formula is C31H32FN5O5S. The van der Waals surface area contributed by atoms with E-state index in [1.54, 1.807) is 12.3 Å². The van der Waals surface area contributed by atoms with Crippen LogP contribution in [-0.2, 0) is 21.1 Å². The molecule has 1 amide bonds. The third kappa shape index (κ3) is 5.89. The largest absolute Gasteiger partial charge is 0.492 e. The van der Waals surface area contributed by atoms with Gasteiger partial charge in [-0.25, -0.2) is 22.8 Å². The maximum atomic E-state index is 14.5. The number of hydrogen-bond acceptors (Lipinski definition) is 9. The molecule has 10 nitrogen and oxygen atoms in total. The molecule has 0 bridgehead atoms. The molecule has 3 aromatic heterocycles. The first-order valence-corrected chi connectivity index (χ1v) is 15.5. The lowest BCUT2D eigenvalue weighted by molar-refractivity contribution is -0.00545. The molecule has 4 aromatic rings. The molecule has 3 atom stereocenters. The molecule has 1 fully saturated rings. The van der Waals surface area contributed by atoms with Crippen LogP contribution in [0.2, 0.25) is 0 Å². The van der Waals surface area contributed by atoms with Gasteiger partial charge in [0.2, 0.25) is 15.3 Å². The Morgan fingerprint density at radius 3 is 2.70 bits per heavy atom. The van der Waals surface area contributed by atoms with Gasteiger partial charge in [0, 0.05) is 40.8 Å². The van der Waals surface area contributed by atoms with Crippen molar-refractivity contribution in [2.75, 3.05) is 24.6 Å². The van der Waals surface area contributed by atoms with Crippen LogP contribution in [0.25, 0.3) is 22.3 Å². The highest BCUT2D eigenvalue weighted by molar-refractivity contribution is 7.92. The van der Waals surface area contributed by atoms with Gasteiger partial charge in [0.25, 0.3) is 5.91 Å². The number of nitrogens with zero attached hydrogens (tertiary/aromatic N) is 4. The number of halogens is 1. The molecule has 2 aliphatic rings. The van der Waals surface area contributed by atoms with Crippen LogP contribution in [0, 0.1) is 6.85 Å². The summed E-state index contributed by atoms with van der Waals surface area (Å²) in [6, 6.07) is 13.2. The minimum Gasteiger partial charge on any atom is -0.492 e. The van der Waals surface area contributed by atoms with Crippen LogP contribution in [0.1, 0.15) is 46.0 Å². The van der Waals surface area contributed by atoms with Crippen LogP contribution < -0.4 is 15.0 Å². The van der Waals surface area contributed by atoms with Crippen molar-refractivity contribution >= 4 is 32.5 Å². The minimum absolute atomic E-state index is 0.0724. The van der Waals surface area contributed by atoms with Crippen LogP contribution >= 0.6 is 0 Å². The number of morpholine rings is 1. The number of hydrogen-bond donors (Lipinski definition) is 1. The number of pyridine rings is 3. The predicted octanol–water partition coefficient (Wildman–Crippen LogP) is 4.40. The van der Waals surface area contributed by atoms with E-state index in [1.807, 2.05) is 44.2 Å². The molecule has 0 saturated carbocycles. The molecule has 1 saturated heterocycles. The first kappa shape index (κ1) is 25.3. The number of carbonyl (C=O) groups is 1. The third-order valence-electron chi connectivity index (χ3n) is 7.35. The summed E-state index contributed by atoms with van der Waals surface area (Å²) >= 11 is 0. The molecule has 12 heteroatoms. The average Bonchev–Trinajstić information content (AvgIpc) is 3.12. The summed E-state index contributed by atoms with van der Waals surface area (Å²) in [6.45, 7) is 2.33. The lowest BCUT2D eigenvalue weighted by Crippen LogP contribution is -2.45. The van der Waals surface area contributed by atoms with Crippen molar-refractivity contribution in [2.24, 2.45) is 0 Å². The molecule has 0 radical (unpaired) electrons. The van der Waals surface area contributed by atoms with Crippen LogP contribution in [0.4, 0.5) is 10.2 Å².